The third-order valence-corrected chi connectivity index (χ3v) is 0.781. The summed E-state index contributed by atoms with van der Waals surface area (Å²) in [5.41, 5.74) is 0. The zero-order valence-electron chi connectivity index (χ0n) is 6.70. The topological polar surface area (TPSA) is 94.5 Å². The average Bonchev–Trinajstić information content (AvgIpc) is 1.35. The molecule has 3 nitrogen and oxygen atoms in total. The molecular formula is C6H19O3Zr-. The molecule has 6 N–H and O–H groups in total. The summed E-state index contributed by atoms with van der Waals surface area (Å²) in [6.45, 7) is 8.15. The first kappa shape index (κ1) is 30.9. The van der Waals surface area contributed by atoms with Crippen LogP contribution in [0.2, 0.25) is 0 Å². The maximum Gasteiger partial charge on any atom is 0 e. The molecule has 0 spiro atoms. The van der Waals surface area contributed by atoms with Gasteiger partial charge in [-0.3, -0.25) is 0 Å². The monoisotopic (exact) mass is 229 g/mol. The van der Waals surface area contributed by atoms with Crippen LogP contribution in [0.5, 0.6) is 0 Å². The van der Waals surface area contributed by atoms with Crippen molar-refractivity contribution in [3.8, 4) is 0 Å². The fourth-order valence-corrected chi connectivity index (χ4v) is 0.408. The summed E-state index contributed by atoms with van der Waals surface area (Å²) in [7, 11) is 0. The van der Waals surface area contributed by atoms with Gasteiger partial charge in [0.25, 0.3) is 0 Å². The molecule has 0 aliphatic rings. The minimum absolute atomic E-state index is 0. The van der Waals surface area contributed by atoms with Gasteiger partial charge in [0.15, 0.2) is 0 Å². The zero-order chi connectivity index (χ0) is 4.99. The van der Waals surface area contributed by atoms with E-state index in [2.05, 4.69) is 20.8 Å². The van der Waals surface area contributed by atoms with Crippen LogP contribution in [0.4, 0.5) is 0 Å². The van der Waals surface area contributed by atoms with Gasteiger partial charge >= 0.3 is 0 Å². The second-order valence-electron chi connectivity index (χ2n) is 2.04. The standard InChI is InChI=1S/C6H13.3H2O.Zr/c1-4-5-6(2)3;;;;/h6H,1,4-5H2,2-3H3;3*1H2;/q-1;;;;. The number of hydrogen-bond acceptors (Lipinski definition) is 0. The molecule has 0 heterocycles. The van der Waals surface area contributed by atoms with E-state index >= 15 is 0 Å². The van der Waals surface area contributed by atoms with Gasteiger partial charge < -0.3 is 23.4 Å². The zero-order valence-corrected chi connectivity index (χ0v) is 9.16. The van der Waals surface area contributed by atoms with E-state index in [0.717, 1.165) is 12.3 Å². The Balaban J connectivity index is -0.0000000208. The van der Waals surface area contributed by atoms with Gasteiger partial charge in [0.05, 0.1) is 0 Å². The summed E-state index contributed by atoms with van der Waals surface area (Å²) in [4.78, 5) is 0. The van der Waals surface area contributed by atoms with E-state index in [1.807, 2.05) is 0 Å². The van der Waals surface area contributed by atoms with E-state index < -0.39 is 0 Å². The molecule has 0 aromatic heterocycles. The van der Waals surface area contributed by atoms with Crippen molar-refractivity contribution in [1.29, 1.82) is 0 Å². The second-order valence-corrected chi connectivity index (χ2v) is 2.04. The van der Waals surface area contributed by atoms with Crippen LogP contribution >= 0.6 is 0 Å². The van der Waals surface area contributed by atoms with Crippen molar-refractivity contribution in [3.05, 3.63) is 6.92 Å². The molecule has 0 aliphatic carbocycles. The molecule has 0 atom stereocenters. The Morgan fingerprint density at radius 1 is 1.10 bits per heavy atom. The second kappa shape index (κ2) is 22.6. The molecule has 0 aliphatic heterocycles. The quantitative estimate of drug-likeness (QED) is 0.586. The van der Waals surface area contributed by atoms with E-state index in [1.54, 1.807) is 0 Å². The minimum atomic E-state index is 0. The normalized spacial score (nSPS) is 6.00. The van der Waals surface area contributed by atoms with Crippen molar-refractivity contribution < 1.29 is 42.6 Å². The summed E-state index contributed by atoms with van der Waals surface area (Å²) < 4.78 is 0. The molecule has 4 heteroatoms. The van der Waals surface area contributed by atoms with Crippen LogP contribution in [-0.2, 0) is 26.2 Å². The molecule has 66 valence electrons. The molecule has 0 bridgehead atoms. The van der Waals surface area contributed by atoms with Crippen LogP contribution in [0.3, 0.4) is 0 Å². The maximum absolute atomic E-state index is 3.73. The Labute approximate surface area is 82.3 Å². The molecule has 0 saturated carbocycles. The van der Waals surface area contributed by atoms with Crippen LogP contribution in [-0.4, -0.2) is 16.4 Å². The molecule has 0 aromatic carbocycles. The van der Waals surface area contributed by atoms with Crippen LogP contribution in [0, 0.1) is 12.8 Å². The van der Waals surface area contributed by atoms with E-state index in [-0.39, 0.29) is 42.6 Å². The molecule has 0 rings (SSSR count). The van der Waals surface area contributed by atoms with Gasteiger partial charge in [-0.25, -0.2) is 0 Å². The van der Waals surface area contributed by atoms with Crippen molar-refractivity contribution in [2.45, 2.75) is 26.7 Å². The summed E-state index contributed by atoms with van der Waals surface area (Å²) in [6.07, 6.45) is 2.34. The van der Waals surface area contributed by atoms with Gasteiger partial charge in [-0.1, -0.05) is 20.3 Å². The molecule has 0 unspecified atom stereocenters. The van der Waals surface area contributed by atoms with Gasteiger partial charge in [0.2, 0.25) is 0 Å². The Hall–Kier alpha value is 0.763. The van der Waals surface area contributed by atoms with E-state index in [9.17, 15) is 0 Å². The first-order valence-corrected chi connectivity index (χ1v) is 2.56. The predicted molar refractivity (Wildman–Crippen MR) is 40.3 cm³/mol. The smallest absolute Gasteiger partial charge is 0 e. The van der Waals surface area contributed by atoms with Crippen molar-refractivity contribution in [3.63, 3.8) is 0 Å². The van der Waals surface area contributed by atoms with E-state index in [0.29, 0.717) is 0 Å². The first-order valence-electron chi connectivity index (χ1n) is 2.56. The summed E-state index contributed by atoms with van der Waals surface area (Å²) in [5, 5.41) is 0. The van der Waals surface area contributed by atoms with Gasteiger partial charge in [0, 0.05) is 26.2 Å². The SMILES string of the molecule is O.O.O.[CH2-]CCC(C)C.[Zr]. The molecule has 0 amide bonds. The molecule has 0 aromatic rings. The van der Waals surface area contributed by atoms with Crippen LogP contribution in [0.25, 0.3) is 0 Å². The van der Waals surface area contributed by atoms with E-state index in [1.165, 1.54) is 6.42 Å². The molecule has 0 saturated heterocycles. The van der Waals surface area contributed by atoms with Gasteiger partial charge in [-0.15, -0.1) is 0 Å². The van der Waals surface area contributed by atoms with Crippen molar-refractivity contribution in [1.82, 2.24) is 0 Å². The fourth-order valence-electron chi connectivity index (χ4n) is 0.408. The predicted octanol–water partition coefficient (Wildman–Crippen LogP) is -0.220. The van der Waals surface area contributed by atoms with Crippen LogP contribution < -0.4 is 0 Å². The summed E-state index contributed by atoms with van der Waals surface area (Å²) in [5.74, 6) is 0.836. The third-order valence-electron chi connectivity index (χ3n) is 0.781. The average molecular weight is 230 g/mol. The molecule has 10 heavy (non-hydrogen) atoms. The first-order chi connectivity index (χ1) is 2.77. The fraction of sp³-hybridized carbons (Fsp3) is 0.833. The van der Waals surface area contributed by atoms with Crippen molar-refractivity contribution >= 4 is 0 Å². The third kappa shape index (κ3) is 37.3. The Morgan fingerprint density at radius 3 is 1.40 bits per heavy atom. The van der Waals surface area contributed by atoms with Crippen molar-refractivity contribution in [2.75, 3.05) is 0 Å². The number of rotatable bonds is 2. The number of hydrogen-bond donors (Lipinski definition) is 0. The van der Waals surface area contributed by atoms with Crippen LogP contribution in [0.1, 0.15) is 26.7 Å². The maximum atomic E-state index is 3.73. The minimum Gasteiger partial charge on any atom is -0.412 e. The van der Waals surface area contributed by atoms with E-state index in [4.69, 9.17) is 0 Å². The molecular weight excluding hydrogens is 211 g/mol. The Bertz CT molecular complexity index is 34.2. The molecule has 0 fully saturated rings. The van der Waals surface area contributed by atoms with Gasteiger partial charge in [0.1, 0.15) is 0 Å². The summed E-state index contributed by atoms with van der Waals surface area (Å²) in [6, 6.07) is 0. The Morgan fingerprint density at radius 2 is 1.40 bits per heavy atom. The van der Waals surface area contributed by atoms with Crippen LogP contribution in [0.15, 0.2) is 0 Å². The van der Waals surface area contributed by atoms with Gasteiger partial charge in [-0.2, -0.15) is 6.42 Å². The van der Waals surface area contributed by atoms with Gasteiger partial charge in [-0.05, 0) is 5.92 Å². The summed E-state index contributed by atoms with van der Waals surface area (Å²) >= 11 is 0. The largest absolute Gasteiger partial charge is 0.412 e. The molecule has 0 radical (unpaired) electrons. The van der Waals surface area contributed by atoms with Crippen molar-refractivity contribution in [2.24, 2.45) is 5.92 Å². The Kier molecular flexibility index (Phi) is 69.7.